The molecule has 2 atom stereocenters. The highest BCUT2D eigenvalue weighted by Crippen LogP contribution is 2.56. The van der Waals surface area contributed by atoms with Gasteiger partial charge in [-0.05, 0) is 43.5 Å². The van der Waals surface area contributed by atoms with Gasteiger partial charge in [-0.15, -0.1) is 0 Å². The largest absolute Gasteiger partial charge is 0.486 e. The van der Waals surface area contributed by atoms with Crippen LogP contribution in [0.4, 0.5) is 4.39 Å². The number of nitrogens with two attached hydrogens (primary N) is 1. The number of halogens is 1. The smallest absolute Gasteiger partial charge is 0.233 e. The van der Waals surface area contributed by atoms with Crippen LogP contribution in [0.25, 0.3) is 0 Å². The average Bonchev–Trinajstić information content (AvgIpc) is 3.34. The molecule has 1 fully saturated rings. The second kappa shape index (κ2) is 6.43. The monoisotopic (exact) mass is 334 g/mol. The maximum atomic E-state index is 13.3. The van der Waals surface area contributed by atoms with Gasteiger partial charge in [0.2, 0.25) is 5.91 Å². The molecule has 0 bridgehead atoms. The second-order valence-corrected chi connectivity index (χ2v) is 6.30. The molecule has 0 spiro atoms. The number of hydrogen-bond acceptors (Lipinski definition) is 4. The van der Waals surface area contributed by atoms with Crippen LogP contribution >= 0.6 is 0 Å². The molecule has 1 aromatic rings. The SMILES string of the molecule is C=C(F)CN(CC)C(=O)[C@@]1(c2ccc3c(c2)OCCO3)C[C@H]1CN. The lowest BCUT2D eigenvalue weighted by molar-refractivity contribution is -0.134. The Labute approximate surface area is 141 Å². The van der Waals surface area contributed by atoms with E-state index in [1.807, 2.05) is 25.1 Å². The lowest BCUT2D eigenvalue weighted by Gasteiger charge is -2.28. The van der Waals surface area contributed by atoms with E-state index in [4.69, 9.17) is 15.2 Å². The molecule has 1 aliphatic carbocycles. The number of likely N-dealkylation sites (N-methyl/N-ethyl adjacent to an activating group) is 1. The Morgan fingerprint density at radius 2 is 2.12 bits per heavy atom. The van der Waals surface area contributed by atoms with Gasteiger partial charge in [0.1, 0.15) is 19.0 Å². The number of carbonyl (C=O) groups is 1. The molecular formula is C18H23FN2O3. The highest BCUT2D eigenvalue weighted by Gasteiger charge is 2.61. The van der Waals surface area contributed by atoms with Gasteiger partial charge in [0, 0.05) is 6.54 Å². The van der Waals surface area contributed by atoms with E-state index in [0.29, 0.717) is 44.2 Å². The molecule has 24 heavy (non-hydrogen) atoms. The van der Waals surface area contributed by atoms with E-state index in [0.717, 1.165) is 5.56 Å². The van der Waals surface area contributed by atoms with Crippen LogP contribution in [0, 0.1) is 5.92 Å². The Morgan fingerprint density at radius 1 is 1.42 bits per heavy atom. The van der Waals surface area contributed by atoms with Crippen molar-refractivity contribution >= 4 is 5.91 Å². The minimum absolute atomic E-state index is 0.0504. The summed E-state index contributed by atoms with van der Waals surface area (Å²) in [5.41, 5.74) is 6.01. The summed E-state index contributed by atoms with van der Waals surface area (Å²) in [6, 6.07) is 5.58. The number of rotatable bonds is 6. The lowest BCUT2D eigenvalue weighted by atomic mass is 9.90. The molecular weight excluding hydrogens is 311 g/mol. The van der Waals surface area contributed by atoms with E-state index in [1.165, 1.54) is 4.90 Å². The summed E-state index contributed by atoms with van der Waals surface area (Å²) >= 11 is 0. The first-order valence-corrected chi connectivity index (χ1v) is 8.25. The van der Waals surface area contributed by atoms with E-state index in [2.05, 4.69) is 6.58 Å². The molecule has 1 aromatic carbocycles. The summed E-state index contributed by atoms with van der Waals surface area (Å²) < 4.78 is 24.4. The molecule has 0 radical (unpaired) electrons. The van der Waals surface area contributed by atoms with E-state index < -0.39 is 11.2 Å². The van der Waals surface area contributed by atoms with Crippen molar-refractivity contribution in [2.45, 2.75) is 18.8 Å². The zero-order valence-electron chi connectivity index (χ0n) is 13.9. The van der Waals surface area contributed by atoms with E-state index in [-0.39, 0.29) is 18.4 Å². The first-order chi connectivity index (χ1) is 11.5. The van der Waals surface area contributed by atoms with Crippen LogP contribution in [0.1, 0.15) is 18.9 Å². The Balaban J connectivity index is 1.94. The topological polar surface area (TPSA) is 64.8 Å². The van der Waals surface area contributed by atoms with Gasteiger partial charge in [0.05, 0.1) is 12.0 Å². The third-order valence-corrected chi connectivity index (χ3v) is 4.86. The molecule has 6 heteroatoms. The highest BCUT2D eigenvalue weighted by molar-refractivity contribution is 5.92. The van der Waals surface area contributed by atoms with Crippen molar-refractivity contribution in [2.24, 2.45) is 11.7 Å². The lowest BCUT2D eigenvalue weighted by Crippen LogP contribution is -2.41. The third-order valence-electron chi connectivity index (χ3n) is 4.86. The molecule has 2 aliphatic rings. The fraction of sp³-hybridized carbons (Fsp3) is 0.500. The average molecular weight is 334 g/mol. The summed E-state index contributed by atoms with van der Waals surface area (Å²) in [6.45, 7) is 6.86. The van der Waals surface area contributed by atoms with Gasteiger partial charge in [-0.1, -0.05) is 12.6 Å². The van der Waals surface area contributed by atoms with Gasteiger partial charge in [0.25, 0.3) is 0 Å². The predicted molar refractivity (Wildman–Crippen MR) is 88.8 cm³/mol. The van der Waals surface area contributed by atoms with E-state index in [1.54, 1.807) is 0 Å². The Kier molecular flexibility index (Phi) is 4.49. The fourth-order valence-electron chi connectivity index (χ4n) is 3.49. The Hall–Kier alpha value is -2.08. The minimum atomic E-state index is -0.698. The van der Waals surface area contributed by atoms with E-state index in [9.17, 15) is 9.18 Å². The molecule has 2 N–H and O–H groups in total. The number of hydrogen-bond donors (Lipinski definition) is 1. The highest BCUT2D eigenvalue weighted by atomic mass is 19.1. The van der Waals surface area contributed by atoms with Gasteiger partial charge >= 0.3 is 0 Å². The quantitative estimate of drug-likeness (QED) is 0.864. The number of benzene rings is 1. The number of nitrogens with zero attached hydrogens (tertiary/aromatic N) is 1. The number of carbonyl (C=O) groups excluding carboxylic acids is 1. The van der Waals surface area contributed by atoms with Crippen molar-refractivity contribution in [3.63, 3.8) is 0 Å². The van der Waals surface area contributed by atoms with Crippen LogP contribution in [-0.2, 0) is 10.2 Å². The predicted octanol–water partition coefficient (Wildman–Crippen LogP) is 2.01. The van der Waals surface area contributed by atoms with E-state index >= 15 is 0 Å². The minimum Gasteiger partial charge on any atom is -0.486 e. The van der Waals surface area contributed by atoms with Crippen LogP contribution in [0.2, 0.25) is 0 Å². The molecule has 0 saturated heterocycles. The molecule has 1 saturated carbocycles. The molecule has 1 aliphatic heterocycles. The van der Waals surface area contributed by atoms with Gasteiger partial charge < -0.3 is 20.1 Å². The van der Waals surface area contributed by atoms with Crippen LogP contribution < -0.4 is 15.2 Å². The Morgan fingerprint density at radius 3 is 2.71 bits per heavy atom. The van der Waals surface area contributed by atoms with Gasteiger partial charge in [-0.25, -0.2) is 4.39 Å². The van der Waals surface area contributed by atoms with Crippen LogP contribution in [0.3, 0.4) is 0 Å². The van der Waals surface area contributed by atoms with Crippen molar-refractivity contribution in [1.29, 1.82) is 0 Å². The van der Waals surface area contributed by atoms with Crippen LogP contribution in [0.5, 0.6) is 11.5 Å². The van der Waals surface area contributed by atoms with Crippen molar-refractivity contribution < 1.29 is 18.7 Å². The van der Waals surface area contributed by atoms with Crippen molar-refractivity contribution in [2.75, 3.05) is 32.8 Å². The standard InChI is InChI=1S/C18H23FN2O3/c1-3-21(11-12(2)19)17(22)18(9-14(18)10-20)13-4-5-15-16(8-13)24-7-6-23-15/h4-5,8,14H,2-3,6-7,9-11,20H2,1H3/t14-,18+/m0/s1. The zero-order valence-corrected chi connectivity index (χ0v) is 13.9. The molecule has 130 valence electrons. The maximum Gasteiger partial charge on any atom is 0.233 e. The summed E-state index contributed by atoms with van der Waals surface area (Å²) in [5, 5.41) is 0. The summed E-state index contributed by atoms with van der Waals surface area (Å²) in [4.78, 5) is 14.6. The molecule has 0 aromatic heterocycles. The second-order valence-electron chi connectivity index (χ2n) is 6.30. The number of fused-ring (bicyclic) bond motifs is 1. The first-order valence-electron chi connectivity index (χ1n) is 8.25. The Bertz CT molecular complexity index is 664. The summed E-state index contributed by atoms with van der Waals surface area (Å²) in [5.74, 6) is 0.756. The fourth-order valence-corrected chi connectivity index (χ4v) is 3.49. The van der Waals surface area contributed by atoms with Crippen molar-refractivity contribution in [3.8, 4) is 11.5 Å². The van der Waals surface area contributed by atoms with Gasteiger partial charge in [0.15, 0.2) is 11.5 Å². The molecule has 1 amide bonds. The first kappa shape index (κ1) is 16.8. The zero-order chi connectivity index (χ0) is 17.3. The molecule has 3 rings (SSSR count). The summed E-state index contributed by atoms with van der Waals surface area (Å²) in [6.07, 6.45) is 0.664. The van der Waals surface area contributed by atoms with Crippen LogP contribution in [0.15, 0.2) is 30.6 Å². The van der Waals surface area contributed by atoms with Gasteiger partial charge in [-0.3, -0.25) is 4.79 Å². The summed E-state index contributed by atoms with van der Waals surface area (Å²) in [7, 11) is 0. The maximum absolute atomic E-state index is 13.3. The molecule has 1 heterocycles. The third kappa shape index (κ3) is 2.75. The van der Waals surface area contributed by atoms with Gasteiger partial charge in [-0.2, -0.15) is 0 Å². The molecule has 5 nitrogen and oxygen atoms in total. The normalized spacial score (nSPS) is 24.4. The van der Waals surface area contributed by atoms with Crippen LogP contribution in [-0.4, -0.2) is 43.7 Å². The molecule has 0 unspecified atom stereocenters. The number of ether oxygens (including phenoxy) is 2. The van der Waals surface area contributed by atoms with Crippen molar-refractivity contribution in [1.82, 2.24) is 4.90 Å². The van der Waals surface area contributed by atoms with Crippen molar-refractivity contribution in [3.05, 3.63) is 36.2 Å². The number of amides is 1.